The van der Waals surface area contributed by atoms with Gasteiger partial charge in [-0.1, -0.05) is 36.4 Å². The van der Waals surface area contributed by atoms with Crippen LogP contribution >= 0.6 is 0 Å². The van der Waals surface area contributed by atoms with Crippen LogP contribution in [0.4, 0.5) is 11.4 Å². The van der Waals surface area contributed by atoms with Crippen molar-refractivity contribution >= 4 is 23.3 Å². The number of aliphatic carboxylic acids is 1. The van der Waals surface area contributed by atoms with Gasteiger partial charge in [0, 0.05) is 6.04 Å². The molecule has 2 aromatic carbocycles. The lowest BCUT2D eigenvalue weighted by Crippen LogP contribution is -2.44. The minimum absolute atomic E-state index is 0.0347. The van der Waals surface area contributed by atoms with E-state index in [1.54, 1.807) is 9.80 Å². The van der Waals surface area contributed by atoms with Crippen LogP contribution < -0.4 is 4.90 Å². The Morgan fingerprint density at radius 2 is 1.46 bits per heavy atom. The fourth-order valence-corrected chi connectivity index (χ4v) is 3.39. The quantitative estimate of drug-likeness (QED) is 0.897. The number of benzene rings is 2. The molecule has 5 heteroatoms. The summed E-state index contributed by atoms with van der Waals surface area (Å²) in [5.41, 5.74) is 4.04. The van der Waals surface area contributed by atoms with Gasteiger partial charge < -0.3 is 5.11 Å². The van der Waals surface area contributed by atoms with Gasteiger partial charge >= 0.3 is 5.97 Å². The fraction of sp³-hybridized carbons (Fsp3) is 0.333. The average molecular weight is 352 g/mol. The summed E-state index contributed by atoms with van der Waals surface area (Å²) >= 11 is 0. The number of anilines is 2. The van der Waals surface area contributed by atoms with Crippen LogP contribution in [0.5, 0.6) is 0 Å². The number of aryl methyl sites for hydroxylation is 2. The molecule has 0 spiro atoms. The zero-order valence-electron chi connectivity index (χ0n) is 15.2. The Kier molecular flexibility index (Phi) is 5.38. The van der Waals surface area contributed by atoms with Crippen LogP contribution in [0.2, 0.25) is 0 Å². The largest absolute Gasteiger partial charge is 0.480 e. The normalized spacial score (nSPS) is 13.3. The van der Waals surface area contributed by atoms with Crippen LogP contribution in [0.1, 0.15) is 25.0 Å². The molecule has 1 amide bonds. The summed E-state index contributed by atoms with van der Waals surface area (Å²) in [6, 6.07) is 15.9. The first-order valence-electron chi connectivity index (χ1n) is 8.92. The molecule has 0 unspecified atom stereocenters. The summed E-state index contributed by atoms with van der Waals surface area (Å²) in [6.07, 6.45) is 1.75. The number of carbonyl (C=O) groups is 2. The van der Waals surface area contributed by atoms with Crippen LogP contribution in [0.3, 0.4) is 0 Å². The minimum atomic E-state index is -0.928. The van der Waals surface area contributed by atoms with Crippen molar-refractivity contribution in [3.05, 3.63) is 59.7 Å². The minimum Gasteiger partial charge on any atom is -0.480 e. The van der Waals surface area contributed by atoms with Gasteiger partial charge in [-0.05, 0) is 49.9 Å². The molecule has 1 aliphatic heterocycles. The second-order valence-corrected chi connectivity index (χ2v) is 6.88. The number of carboxylic acid groups (broad SMARTS) is 1. The second kappa shape index (κ2) is 7.70. The topological polar surface area (TPSA) is 60.9 Å². The molecule has 0 saturated heterocycles. The smallest absolute Gasteiger partial charge is 0.317 e. The van der Waals surface area contributed by atoms with Gasteiger partial charge in [0.05, 0.1) is 24.5 Å². The number of hydrogen-bond donors (Lipinski definition) is 1. The molecule has 1 heterocycles. The highest BCUT2D eigenvalue weighted by Crippen LogP contribution is 2.36. The molecule has 1 aliphatic rings. The lowest BCUT2D eigenvalue weighted by molar-refractivity contribution is -0.139. The number of para-hydroxylation sites is 2. The monoisotopic (exact) mass is 352 g/mol. The zero-order chi connectivity index (χ0) is 18.7. The molecule has 136 valence electrons. The molecule has 0 aromatic heterocycles. The first kappa shape index (κ1) is 18.1. The summed E-state index contributed by atoms with van der Waals surface area (Å²) in [4.78, 5) is 27.9. The number of carboxylic acids is 1. The number of amides is 1. The maximum atomic E-state index is 13.3. The molecule has 5 nitrogen and oxygen atoms in total. The molecule has 1 N–H and O–H groups in total. The van der Waals surface area contributed by atoms with E-state index in [1.165, 1.54) is 0 Å². The number of nitrogens with zero attached hydrogens (tertiary/aromatic N) is 2. The van der Waals surface area contributed by atoms with E-state index in [2.05, 4.69) is 12.1 Å². The molecule has 2 aromatic rings. The maximum absolute atomic E-state index is 13.3. The van der Waals surface area contributed by atoms with Gasteiger partial charge in [0.1, 0.15) is 0 Å². The SMILES string of the molecule is CC(C)N(CC(=O)O)CC(=O)N1c2ccccc2CCc2ccccc21. The molecule has 0 bridgehead atoms. The van der Waals surface area contributed by atoms with Gasteiger partial charge in [-0.25, -0.2) is 0 Å². The van der Waals surface area contributed by atoms with E-state index in [0.29, 0.717) is 0 Å². The molecule has 0 aliphatic carbocycles. The molecule has 0 fully saturated rings. The van der Waals surface area contributed by atoms with E-state index >= 15 is 0 Å². The van der Waals surface area contributed by atoms with Crippen LogP contribution in [-0.4, -0.2) is 41.0 Å². The van der Waals surface area contributed by atoms with Crippen molar-refractivity contribution in [2.45, 2.75) is 32.7 Å². The third-order valence-corrected chi connectivity index (χ3v) is 4.79. The van der Waals surface area contributed by atoms with E-state index < -0.39 is 5.97 Å². The highest BCUT2D eigenvalue weighted by Gasteiger charge is 2.27. The standard InChI is InChI=1S/C21H24N2O3/c1-15(2)22(14-21(25)26)13-20(24)23-18-9-5-3-7-16(18)11-12-17-8-4-6-10-19(17)23/h3-10,15H,11-14H2,1-2H3,(H,25,26). The predicted molar refractivity (Wildman–Crippen MR) is 102 cm³/mol. The van der Waals surface area contributed by atoms with Crippen molar-refractivity contribution in [2.24, 2.45) is 0 Å². The molecular weight excluding hydrogens is 328 g/mol. The van der Waals surface area contributed by atoms with E-state index in [4.69, 9.17) is 5.11 Å². The fourth-order valence-electron chi connectivity index (χ4n) is 3.39. The van der Waals surface area contributed by atoms with E-state index in [9.17, 15) is 9.59 Å². The Hall–Kier alpha value is -2.66. The Labute approximate surface area is 153 Å². The zero-order valence-corrected chi connectivity index (χ0v) is 15.2. The number of rotatable bonds is 5. The van der Waals surface area contributed by atoms with Gasteiger partial charge in [0.2, 0.25) is 5.91 Å². The molecule has 0 radical (unpaired) electrons. The van der Waals surface area contributed by atoms with Crippen LogP contribution in [0.15, 0.2) is 48.5 Å². The predicted octanol–water partition coefficient (Wildman–Crippen LogP) is 3.24. The van der Waals surface area contributed by atoms with Crippen LogP contribution in [-0.2, 0) is 22.4 Å². The van der Waals surface area contributed by atoms with E-state index in [1.807, 2.05) is 50.2 Å². The van der Waals surface area contributed by atoms with E-state index in [-0.39, 0.29) is 25.0 Å². The first-order chi connectivity index (χ1) is 12.5. The Morgan fingerprint density at radius 1 is 0.962 bits per heavy atom. The van der Waals surface area contributed by atoms with Crippen molar-refractivity contribution in [1.82, 2.24) is 4.90 Å². The van der Waals surface area contributed by atoms with Gasteiger partial charge in [-0.2, -0.15) is 0 Å². The summed E-state index contributed by atoms with van der Waals surface area (Å²) in [6.45, 7) is 3.72. The third-order valence-electron chi connectivity index (χ3n) is 4.79. The second-order valence-electron chi connectivity index (χ2n) is 6.88. The maximum Gasteiger partial charge on any atom is 0.317 e. The average Bonchev–Trinajstić information content (AvgIpc) is 2.77. The molecule has 26 heavy (non-hydrogen) atoms. The summed E-state index contributed by atoms with van der Waals surface area (Å²) in [5, 5.41) is 9.15. The highest BCUT2D eigenvalue weighted by atomic mass is 16.4. The Morgan fingerprint density at radius 3 is 1.92 bits per heavy atom. The molecule has 0 atom stereocenters. The summed E-state index contributed by atoms with van der Waals surface area (Å²) in [7, 11) is 0. The lowest BCUT2D eigenvalue weighted by Gasteiger charge is -2.30. The van der Waals surface area contributed by atoms with Crippen LogP contribution in [0.25, 0.3) is 0 Å². The molecule has 0 saturated carbocycles. The van der Waals surface area contributed by atoms with Gasteiger partial charge in [-0.3, -0.25) is 19.4 Å². The van der Waals surface area contributed by atoms with Crippen molar-refractivity contribution < 1.29 is 14.7 Å². The van der Waals surface area contributed by atoms with Crippen LogP contribution in [0, 0.1) is 0 Å². The third kappa shape index (κ3) is 3.78. The van der Waals surface area contributed by atoms with E-state index in [0.717, 1.165) is 35.3 Å². The first-order valence-corrected chi connectivity index (χ1v) is 8.92. The van der Waals surface area contributed by atoms with Crippen molar-refractivity contribution in [3.8, 4) is 0 Å². The van der Waals surface area contributed by atoms with Gasteiger partial charge in [-0.15, -0.1) is 0 Å². The summed E-state index contributed by atoms with van der Waals surface area (Å²) < 4.78 is 0. The van der Waals surface area contributed by atoms with Crippen molar-refractivity contribution in [3.63, 3.8) is 0 Å². The van der Waals surface area contributed by atoms with Gasteiger partial charge in [0.15, 0.2) is 0 Å². The van der Waals surface area contributed by atoms with Gasteiger partial charge in [0.25, 0.3) is 0 Å². The number of carbonyl (C=O) groups excluding carboxylic acids is 1. The Bertz CT molecular complexity index is 769. The molecular formula is C21H24N2O3. The van der Waals surface area contributed by atoms with Crippen molar-refractivity contribution in [1.29, 1.82) is 0 Å². The molecule has 3 rings (SSSR count). The van der Waals surface area contributed by atoms with Crippen molar-refractivity contribution in [2.75, 3.05) is 18.0 Å². The summed E-state index contributed by atoms with van der Waals surface area (Å²) in [5.74, 6) is -1.04. The number of hydrogen-bond acceptors (Lipinski definition) is 3. The highest BCUT2D eigenvalue weighted by molar-refractivity contribution is 6.03. The number of fused-ring (bicyclic) bond motifs is 2. The lowest BCUT2D eigenvalue weighted by atomic mass is 10.0. The Balaban J connectivity index is 1.99.